The lowest BCUT2D eigenvalue weighted by Crippen LogP contribution is -2.37. The normalized spacial score (nSPS) is 14.9. The topological polar surface area (TPSA) is 104 Å². The third kappa shape index (κ3) is 6.40. The van der Waals surface area contributed by atoms with Crippen LogP contribution in [0.25, 0.3) is 0 Å². The minimum Gasteiger partial charge on any atom is -0.465 e. The van der Waals surface area contributed by atoms with Crippen LogP contribution in [-0.4, -0.2) is 71.8 Å². The van der Waals surface area contributed by atoms with Gasteiger partial charge in [0, 0.05) is 39.4 Å². The molecule has 0 spiro atoms. The summed E-state index contributed by atoms with van der Waals surface area (Å²) in [7, 11) is -5.04. The molecule has 0 unspecified atom stereocenters. The Balaban J connectivity index is 1.96. The van der Waals surface area contributed by atoms with Crippen LogP contribution in [0.5, 0.6) is 0 Å². The summed E-state index contributed by atoms with van der Waals surface area (Å²) in [6.45, 7) is 3.10. The number of rotatable bonds is 10. The van der Waals surface area contributed by atoms with Crippen LogP contribution < -0.4 is 4.90 Å². The fourth-order valence-electron chi connectivity index (χ4n) is 4.00. The molecule has 2 aromatic carbocycles. The minimum atomic E-state index is -4.14. The molecule has 1 heterocycles. The van der Waals surface area contributed by atoms with E-state index in [-0.39, 0.29) is 22.9 Å². The Morgan fingerprint density at radius 3 is 2.03 bits per heavy atom. The molecule has 1 aliphatic heterocycles. The summed E-state index contributed by atoms with van der Waals surface area (Å²) in [5, 5.41) is 0. The molecular weight excluding hydrogens is 490 g/mol. The van der Waals surface area contributed by atoms with E-state index in [1.54, 1.807) is 6.92 Å². The Kier molecular flexibility index (Phi) is 8.92. The highest BCUT2D eigenvalue weighted by Gasteiger charge is 2.29. The molecule has 0 N–H and O–H groups in total. The maximum absolute atomic E-state index is 13.6. The number of benzene rings is 2. The lowest BCUT2D eigenvalue weighted by molar-refractivity contribution is -0.143. The number of nitrogens with zero attached hydrogens (tertiary/aromatic N) is 3. The van der Waals surface area contributed by atoms with Gasteiger partial charge in [-0.15, -0.1) is 0 Å². The number of ether oxygens (including phenoxy) is 1. The molecule has 0 aromatic heterocycles. The average Bonchev–Trinajstić information content (AvgIpc) is 2.84. The van der Waals surface area contributed by atoms with E-state index in [4.69, 9.17) is 4.74 Å². The maximum Gasteiger partial charge on any atom is 0.321 e. The van der Waals surface area contributed by atoms with Crippen LogP contribution in [0.3, 0.4) is 0 Å². The molecule has 2 aromatic rings. The molecule has 1 fully saturated rings. The van der Waals surface area contributed by atoms with Crippen LogP contribution in [0.4, 0.5) is 5.69 Å². The third-order valence-corrected chi connectivity index (χ3v) is 9.52. The Bertz CT molecular complexity index is 1220. The Morgan fingerprint density at radius 1 is 0.886 bits per heavy atom. The standard InChI is InChI=1S/C24H33N3O6S2/c1-4-33-24(28)19-27(18-20-10-6-7-11-23(20)26-16-8-5-9-17-26)35(31,32)22-14-12-21(13-15-22)34(29,30)25(2)3/h6-7,10-15H,4-5,8-9,16-19H2,1-3H3. The van der Waals surface area contributed by atoms with Gasteiger partial charge in [-0.3, -0.25) is 4.79 Å². The van der Waals surface area contributed by atoms with Crippen molar-refractivity contribution in [1.82, 2.24) is 8.61 Å². The van der Waals surface area contributed by atoms with Crippen molar-refractivity contribution in [2.45, 2.75) is 42.5 Å². The van der Waals surface area contributed by atoms with E-state index < -0.39 is 32.6 Å². The SMILES string of the molecule is CCOC(=O)CN(Cc1ccccc1N1CCCCC1)S(=O)(=O)c1ccc(S(=O)(=O)N(C)C)cc1. The molecular formula is C24H33N3O6S2. The van der Waals surface area contributed by atoms with Crippen molar-refractivity contribution in [2.75, 3.05) is 45.2 Å². The zero-order valence-corrected chi connectivity index (χ0v) is 22.0. The van der Waals surface area contributed by atoms with Crippen molar-refractivity contribution in [3.05, 3.63) is 54.1 Å². The molecule has 35 heavy (non-hydrogen) atoms. The summed E-state index contributed by atoms with van der Waals surface area (Å²) in [6.07, 6.45) is 3.31. The molecule has 0 saturated carbocycles. The van der Waals surface area contributed by atoms with Gasteiger partial charge in [-0.05, 0) is 62.1 Å². The van der Waals surface area contributed by atoms with Crippen molar-refractivity contribution >= 4 is 31.7 Å². The third-order valence-electron chi connectivity index (χ3n) is 5.89. The molecule has 1 aliphatic rings. The predicted molar refractivity (Wildman–Crippen MR) is 134 cm³/mol. The van der Waals surface area contributed by atoms with Gasteiger partial charge >= 0.3 is 5.97 Å². The van der Waals surface area contributed by atoms with E-state index in [0.717, 1.165) is 45.8 Å². The molecule has 3 rings (SSSR count). The number of anilines is 1. The Hall–Kier alpha value is -2.47. The molecule has 0 radical (unpaired) electrons. The lowest BCUT2D eigenvalue weighted by Gasteiger charge is -2.32. The molecule has 1 saturated heterocycles. The molecule has 0 aliphatic carbocycles. The number of piperidine rings is 1. The van der Waals surface area contributed by atoms with E-state index in [1.807, 2.05) is 24.3 Å². The number of sulfonamides is 2. The minimum absolute atomic E-state index is 0.0196. The zero-order valence-electron chi connectivity index (χ0n) is 20.4. The van der Waals surface area contributed by atoms with E-state index in [1.165, 1.54) is 44.8 Å². The average molecular weight is 524 g/mol. The smallest absolute Gasteiger partial charge is 0.321 e. The second kappa shape index (κ2) is 11.5. The summed E-state index contributed by atoms with van der Waals surface area (Å²) < 4.78 is 59.1. The van der Waals surface area contributed by atoms with Crippen LogP contribution in [0, 0.1) is 0 Å². The lowest BCUT2D eigenvalue weighted by atomic mass is 10.1. The van der Waals surface area contributed by atoms with E-state index in [2.05, 4.69) is 4.90 Å². The van der Waals surface area contributed by atoms with Crippen LogP contribution in [0.15, 0.2) is 58.3 Å². The van der Waals surface area contributed by atoms with Crippen molar-refractivity contribution in [2.24, 2.45) is 0 Å². The molecule has 192 valence electrons. The number of carbonyl (C=O) groups is 1. The predicted octanol–water partition coefficient (Wildman–Crippen LogP) is 2.68. The summed E-state index contributed by atoms with van der Waals surface area (Å²) in [6, 6.07) is 12.6. The fraction of sp³-hybridized carbons (Fsp3) is 0.458. The summed E-state index contributed by atoms with van der Waals surface area (Å²) in [4.78, 5) is 14.5. The molecule has 0 bridgehead atoms. The van der Waals surface area contributed by atoms with Gasteiger partial charge in [0.15, 0.2) is 0 Å². The van der Waals surface area contributed by atoms with Gasteiger partial charge < -0.3 is 9.64 Å². The summed E-state index contributed by atoms with van der Waals surface area (Å²) >= 11 is 0. The van der Waals surface area contributed by atoms with Gasteiger partial charge in [0.25, 0.3) is 0 Å². The van der Waals surface area contributed by atoms with Gasteiger partial charge in [-0.25, -0.2) is 21.1 Å². The highest BCUT2D eigenvalue weighted by Crippen LogP contribution is 2.28. The Morgan fingerprint density at radius 2 is 1.46 bits per heavy atom. The van der Waals surface area contributed by atoms with Crippen LogP contribution in [0.1, 0.15) is 31.7 Å². The second-order valence-corrected chi connectivity index (χ2v) is 12.6. The van der Waals surface area contributed by atoms with Crippen LogP contribution in [0.2, 0.25) is 0 Å². The van der Waals surface area contributed by atoms with Crippen molar-refractivity contribution < 1.29 is 26.4 Å². The van der Waals surface area contributed by atoms with Crippen molar-refractivity contribution in [3.8, 4) is 0 Å². The first-order valence-electron chi connectivity index (χ1n) is 11.6. The van der Waals surface area contributed by atoms with E-state index in [0.29, 0.717) is 0 Å². The number of hydrogen-bond donors (Lipinski definition) is 0. The number of hydrogen-bond acceptors (Lipinski definition) is 7. The van der Waals surface area contributed by atoms with E-state index in [9.17, 15) is 21.6 Å². The molecule has 9 nitrogen and oxygen atoms in total. The first-order valence-corrected chi connectivity index (χ1v) is 14.5. The monoisotopic (exact) mass is 523 g/mol. The summed E-state index contributed by atoms with van der Waals surface area (Å²) in [5.74, 6) is -0.654. The van der Waals surface area contributed by atoms with Gasteiger partial charge in [0.1, 0.15) is 6.54 Å². The van der Waals surface area contributed by atoms with E-state index >= 15 is 0 Å². The quantitative estimate of drug-likeness (QED) is 0.441. The van der Waals surface area contributed by atoms with Crippen LogP contribution >= 0.6 is 0 Å². The Labute approximate surface area is 208 Å². The summed E-state index contributed by atoms with van der Waals surface area (Å²) in [5.41, 5.74) is 1.73. The maximum atomic E-state index is 13.6. The van der Waals surface area contributed by atoms with Gasteiger partial charge in [-0.2, -0.15) is 4.31 Å². The zero-order chi connectivity index (χ0) is 25.6. The number of carbonyl (C=O) groups excluding carboxylic acids is 1. The first-order chi connectivity index (χ1) is 16.6. The molecule has 11 heteroatoms. The van der Waals surface area contributed by atoms with Gasteiger partial charge in [0.05, 0.1) is 16.4 Å². The molecule has 0 amide bonds. The molecule has 0 atom stereocenters. The highest BCUT2D eigenvalue weighted by atomic mass is 32.2. The van der Waals surface area contributed by atoms with Crippen LogP contribution in [-0.2, 0) is 36.1 Å². The second-order valence-electron chi connectivity index (χ2n) is 8.51. The fourth-order valence-corrected chi connectivity index (χ4v) is 6.26. The largest absolute Gasteiger partial charge is 0.465 e. The van der Waals surface area contributed by atoms with Gasteiger partial charge in [-0.1, -0.05) is 18.2 Å². The van der Waals surface area contributed by atoms with Gasteiger partial charge in [0.2, 0.25) is 20.0 Å². The highest BCUT2D eigenvalue weighted by molar-refractivity contribution is 7.89. The van der Waals surface area contributed by atoms with Crippen molar-refractivity contribution in [3.63, 3.8) is 0 Å². The van der Waals surface area contributed by atoms with Crippen molar-refractivity contribution in [1.29, 1.82) is 0 Å². The number of esters is 1. The number of para-hydroxylation sites is 1. The first kappa shape index (κ1) is 27.1.